The number of hydrogen-bond donors (Lipinski definition) is 3. The van der Waals surface area contributed by atoms with Gasteiger partial charge in [-0.15, -0.1) is 0 Å². The third-order valence-corrected chi connectivity index (χ3v) is 4.14. The minimum absolute atomic E-state index is 0.181. The molecule has 0 heterocycles. The van der Waals surface area contributed by atoms with E-state index >= 15 is 0 Å². The minimum atomic E-state index is -0.431. The summed E-state index contributed by atoms with van der Waals surface area (Å²) in [6, 6.07) is 12.8. The molecule has 0 aliphatic rings. The molecule has 0 saturated heterocycles. The zero-order valence-corrected chi connectivity index (χ0v) is 17.3. The standard InChI is InChI=1S/C19H20FN3O2S.C2H6/c1-12(14-5-7-15(8-6-14)18(25)21-2)17(24)23-19(26)22-11-13-3-9-16(20)10-4-13;1-2/h3-10,12H,11H2,1-2H3,(H,21,25)(H2,22,23,24,26);1-2H3. The van der Waals surface area contributed by atoms with Crippen LogP contribution in [0.3, 0.4) is 0 Å². The number of thiocarbonyl (C=S) groups is 1. The summed E-state index contributed by atoms with van der Waals surface area (Å²) in [6.45, 7) is 6.14. The Labute approximate surface area is 170 Å². The first kappa shape index (κ1) is 23.2. The Bertz CT molecular complexity index is 792. The molecular formula is C21H26FN3O2S. The maximum atomic E-state index is 12.9. The summed E-state index contributed by atoms with van der Waals surface area (Å²) in [5.41, 5.74) is 2.15. The molecule has 0 spiro atoms. The number of halogens is 1. The van der Waals surface area contributed by atoms with Crippen LogP contribution in [0.25, 0.3) is 0 Å². The van der Waals surface area contributed by atoms with Crippen molar-refractivity contribution >= 4 is 29.1 Å². The van der Waals surface area contributed by atoms with Crippen LogP contribution in [-0.2, 0) is 11.3 Å². The van der Waals surface area contributed by atoms with E-state index in [1.807, 2.05) is 13.8 Å². The van der Waals surface area contributed by atoms with Gasteiger partial charge in [0, 0.05) is 19.2 Å². The Balaban J connectivity index is 0.00000190. The molecule has 7 heteroatoms. The van der Waals surface area contributed by atoms with Gasteiger partial charge in [-0.3, -0.25) is 9.59 Å². The van der Waals surface area contributed by atoms with Gasteiger partial charge in [0.1, 0.15) is 5.82 Å². The van der Waals surface area contributed by atoms with Crippen LogP contribution in [0, 0.1) is 5.82 Å². The molecule has 0 fully saturated rings. The van der Waals surface area contributed by atoms with Gasteiger partial charge in [0.15, 0.2) is 5.11 Å². The summed E-state index contributed by atoms with van der Waals surface area (Å²) in [5, 5.41) is 8.29. The van der Waals surface area contributed by atoms with Crippen molar-refractivity contribution in [2.24, 2.45) is 0 Å². The van der Waals surface area contributed by atoms with Gasteiger partial charge in [0.05, 0.1) is 5.92 Å². The fourth-order valence-electron chi connectivity index (χ4n) is 2.27. The topological polar surface area (TPSA) is 70.2 Å². The average molecular weight is 404 g/mol. The van der Waals surface area contributed by atoms with Crippen molar-refractivity contribution in [1.82, 2.24) is 16.0 Å². The van der Waals surface area contributed by atoms with Gasteiger partial charge < -0.3 is 16.0 Å². The van der Waals surface area contributed by atoms with Crippen LogP contribution in [0.4, 0.5) is 4.39 Å². The zero-order valence-electron chi connectivity index (χ0n) is 16.5. The van der Waals surface area contributed by atoms with Gasteiger partial charge in [0.2, 0.25) is 5.91 Å². The second-order valence-corrected chi connectivity index (χ2v) is 6.13. The Hall–Kier alpha value is -2.80. The van der Waals surface area contributed by atoms with E-state index in [-0.39, 0.29) is 22.7 Å². The first-order valence-corrected chi connectivity index (χ1v) is 9.46. The quantitative estimate of drug-likeness (QED) is 0.669. The van der Waals surface area contributed by atoms with Crippen molar-refractivity contribution in [2.45, 2.75) is 33.2 Å². The minimum Gasteiger partial charge on any atom is -0.358 e. The molecule has 0 bridgehead atoms. The normalized spacial score (nSPS) is 10.8. The number of benzene rings is 2. The molecular weight excluding hydrogens is 377 g/mol. The summed E-state index contributed by atoms with van der Waals surface area (Å²) in [4.78, 5) is 23.9. The van der Waals surface area contributed by atoms with Crippen molar-refractivity contribution in [3.8, 4) is 0 Å². The third-order valence-electron chi connectivity index (χ3n) is 3.90. The molecule has 0 aliphatic carbocycles. The molecule has 0 saturated carbocycles. The third kappa shape index (κ3) is 7.08. The van der Waals surface area contributed by atoms with E-state index in [4.69, 9.17) is 12.2 Å². The van der Waals surface area contributed by atoms with Crippen molar-refractivity contribution in [3.05, 3.63) is 71.0 Å². The number of carbonyl (C=O) groups is 2. The van der Waals surface area contributed by atoms with Crippen LogP contribution >= 0.6 is 12.2 Å². The van der Waals surface area contributed by atoms with Gasteiger partial charge in [-0.1, -0.05) is 38.1 Å². The maximum Gasteiger partial charge on any atom is 0.251 e. The fraction of sp³-hybridized carbons (Fsp3) is 0.286. The molecule has 2 rings (SSSR count). The highest BCUT2D eigenvalue weighted by molar-refractivity contribution is 7.80. The van der Waals surface area contributed by atoms with Crippen molar-refractivity contribution in [3.63, 3.8) is 0 Å². The smallest absolute Gasteiger partial charge is 0.251 e. The van der Waals surface area contributed by atoms with Crippen LogP contribution in [-0.4, -0.2) is 24.0 Å². The number of amides is 2. The van der Waals surface area contributed by atoms with Gasteiger partial charge in [-0.25, -0.2) is 4.39 Å². The number of rotatable bonds is 5. The van der Waals surface area contributed by atoms with Gasteiger partial charge in [0.25, 0.3) is 5.91 Å². The number of nitrogens with one attached hydrogen (secondary N) is 3. The summed E-state index contributed by atoms with van der Waals surface area (Å²) < 4.78 is 12.9. The highest BCUT2D eigenvalue weighted by Gasteiger charge is 2.16. The van der Waals surface area contributed by atoms with Crippen molar-refractivity contribution in [2.75, 3.05) is 7.05 Å². The first-order valence-electron chi connectivity index (χ1n) is 9.06. The second kappa shape index (κ2) is 11.8. The number of hydrogen-bond acceptors (Lipinski definition) is 3. The highest BCUT2D eigenvalue weighted by Crippen LogP contribution is 2.16. The Morgan fingerprint density at radius 2 is 1.61 bits per heavy atom. The molecule has 2 aromatic carbocycles. The molecule has 2 amide bonds. The summed E-state index contributed by atoms with van der Waals surface area (Å²) in [5.74, 6) is -1.17. The van der Waals surface area contributed by atoms with Crippen LogP contribution in [0.5, 0.6) is 0 Å². The molecule has 1 unspecified atom stereocenters. The van der Waals surface area contributed by atoms with E-state index < -0.39 is 5.92 Å². The monoisotopic (exact) mass is 403 g/mol. The van der Waals surface area contributed by atoms with Gasteiger partial charge >= 0.3 is 0 Å². The predicted molar refractivity (Wildman–Crippen MR) is 114 cm³/mol. The van der Waals surface area contributed by atoms with Crippen LogP contribution < -0.4 is 16.0 Å². The summed E-state index contributed by atoms with van der Waals surface area (Å²) >= 11 is 5.13. The molecule has 0 aliphatic heterocycles. The molecule has 150 valence electrons. The van der Waals surface area contributed by atoms with Crippen LogP contribution in [0.15, 0.2) is 48.5 Å². The van der Waals surface area contributed by atoms with E-state index in [2.05, 4.69) is 16.0 Å². The molecule has 3 N–H and O–H groups in total. The lowest BCUT2D eigenvalue weighted by Crippen LogP contribution is -2.40. The first-order chi connectivity index (χ1) is 13.4. The molecule has 5 nitrogen and oxygen atoms in total. The molecule has 0 aromatic heterocycles. The lowest BCUT2D eigenvalue weighted by molar-refractivity contribution is -0.120. The maximum absolute atomic E-state index is 12.9. The Kier molecular flexibility index (Phi) is 9.81. The van der Waals surface area contributed by atoms with Crippen molar-refractivity contribution < 1.29 is 14.0 Å². The molecule has 28 heavy (non-hydrogen) atoms. The largest absolute Gasteiger partial charge is 0.358 e. The van der Waals surface area contributed by atoms with Crippen LogP contribution in [0.1, 0.15) is 48.2 Å². The Morgan fingerprint density at radius 1 is 1.04 bits per heavy atom. The van der Waals surface area contributed by atoms with E-state index in [1.165, 1.54) is 12.1 Å². The van der Waals surface area contributed by atoms with E-state index in [9.17, 15) is 14.0 Å². The summed E-state index contributed by atoms with van der Waals surface area (Å²) in [6.07, 6.45) is 0. The van der Waals surface area contributed by atoms with E-state index in [1.54, 1.807) is 50.4 Å². The average Bonchev–Trinajstić information content (AvgIpc) is 2.73. The van der Waals surface area contributed by atoms with E-state index in [0.29, 0.717) is 12.1 Å². The molecule has 2 aromatic rings. The lowest BCUT2D eigenvalue weighted by Gasteiger charge is -2.14. The predicted octanol–water partition coefficient (Wildman–Crippen LogP) is 3.51. The fourth-order valence-corrected chi connectivity index (χ4v) is 2.44. The van der Waals surface area contributed by atoms with Crippen LogP contribution in [0.2, 0.25) is 0 Å². The SMILES string of the molecule is CC.CNC(=O)c1ccc(C(C)C(=O)NC(=S)NCc2ccc(F)cc2)cc1. The van der Waals surface area contributed by atoms with Gasteiger partial charge in [-0.05, 0) is 54.5 Å². The lowest BCUT2D eigenvalue weighted by atomic mass is 9.99. The Morgan fingerprint density at radius 3 is 2.14 bits per heavy atom. The number of carbonyl (C=O) groups excluding carboxylic acids is 2. The summed E-state index contributed by atoms with van der Waals surface area (Å²) in [7, 11) is 1.56. The van der Waals surface area contributed by atoms with Crippen molar-refractivity contribution in [1.29, 1.82) is 0 Å². The van der Waals surface area contributed by atoms with Gasteiger partial charge in [-0.2, -0.15) is 0 Å². The molecule has 0 radical (unpaired) electrons. The second-order valence-electron chi connectivity index (χ2n) is 5.72. The molecule has 1 atom stereocenters. The van der Waals surface area contributed by atoms with E-state index in [0.717, 1.165) is 11.1 Å². The highest BCUT2D eigenvalue weighted by atomic mass is 32.1. The zero-order chi connectivity index (χ0) is 21.1.